The molecule has 6 nitrogen and oxygen atoms in total. The molecule has 0 bridgehead atoms. The quantitative estimate of drug-likeness (QED) is 0.703. The van der Waals surface area contributed by atoms with Crippen LogP contribution in [0.4, 0.5) is 5.69 Å². The van der Waals surface area contributed by atoms with Gasteiger partial charge in [0.25, 0.3) is 5.91 Å². The number of hydrogen-bond acceptors (Lipinski definition) is 5. The molecule has 0 saturated heterocycles. The Morgan fingerprint density at radius 2 is 1.96 bits per heavy atom. The number of rotatable bonds is 4. The number of halogens is 1. The number of anilines is 1. The first kappa shape index (κ1) is 17.7. The molecule has 132 valence electrons. The third kappa shape index (κ3) is 3.75. The summed E-state index contributed by atoms with van der Waals surface area (Å²) in [4.78, 5) is 36.3. The molecule has 0 fully saturated rings. The zero-order valence-electron chi connectivity index (χ0n) is 13.7. The fourth-order valence-corrected chi connectivity index (χ4v) is 2.54. The maximum atomic E-state index is 12.4. The van der Waals surface area contributed by atoms with Gasteiger partial charge >= 0.3 is 5.97 Å². The lowest BCUT2D eigenvalue weighted by Crippen LogP contribution is -2.15. The van der Waals surface area contributed by atoms with Crippen molar-refractivity contribution in [1.29, 1.82) is 0 Å². The molecule has 0 saturated carbocycles. The number of amides is 1. The van der Waals surface area contributed by atoms with Crippen LogP contribution in [0.3, 0.4) is 0 Å². The summed E-state index contributed by atoms with van der Waals surface area (Å²) in [5.74, 6) is -1.25. The number of fused-ring (bicyclic) bond motifs is 1. The van der Waals surface area contributed by atoms with E-state index in [1.54, 1.807) is 31.2 Å². The first-order valence-electron chi connectivity index (χ1n) is 7.80. The molecular formula is C19H14ClNO5. The Kier molecular flexibility index (Phi) is 5.04. The fraction of sp³-hybridized carbons (Fsp3) is 0.105. The van der Waals surface area contributed by atoms with Gasteiger partial charge in [-0.2, -0.15) is 0 Å². The van der Waals surface area contributed by atoms with Gasteiger partial charge in [-0.15, -0.1) is 0 Å². The summed E-state index contributed by atoms with van der Waals surface area (Å²) in [6.07, 6.45) is 0. The number of hydrogen-bond donors (Lipinski definition) is 1. The van der Waals surface area contributed by atoms with E-state index in [4.69, 9.17) is 20.8 Å². The Labute approximate surface area is 153 Å². The summed E-state index contributed by atoms with van der Waals surface area (Å²) in [6, 6.07) is 12.0. The van der Waals surface area contributed by atoms with Gasteiger partial charge in [-0.05, 0) is 43.3 Å². The smallest absolute Gasteiger partial charge is 0.338 e. The third-order valence-corrected chi connectivity index (χ3v) is 3.78. The summed E-state index contributed by atoms with van der Waals surface area (Å²) in [5.41, 5.74) is 0.560. The van der Waals surface area contributed by atoms with E-state index >= 15 is 0 Å². The number of esters is 1. The lowest BCUT2D eigenvalue weighted by Gasteiger charge is -2.07. The van der Waals surface area contributed by atoms with Crippen LogP contribution in [-0.2, 0) is 4.74 Å². The zero-order chi connectivity index (χ0) is 18.7. The molecule has 0 spiro atoms. The topological polar surface area (TPSA) is 85.6 Å². The molecule has 3 aromatic rings. The van der Waals surface area contributed by atoms with Crippen molar-refractivity contribution in [2.24, 2.45) is 0 Å². The maximum Gasteiger partial charge on any atom is 0.338 e. The van der Waals surface area contributed by atoms with Crippen molar-refractivity contribution in [3.63, 3.8) is 0 Å². The average molecular weight is 372 g/mol. The van der Waals surface area contributed by atoms with Gasteiger partial charge in [0.1, 0.15) is 5.58 Å². The Morgan fingerprint density at radius 1 is 1.15 bits per heavy atom. The largest absolute Gasteiger partial charge is 0.462 e. The molecule has 0 unspecified atom stereocenters. The van der Waals surface area contributed by atoms with Crippen molar-refractivity contribution in [1.82, 2.24) is 0 Å². The van der Waals surface area contributed by atoms with Gasteiger partial charge in [-0.1, -0.05) is 17.7 Å². The standard InChI is InChI=1S/C19H14ClNO5/c1-2-25-19(24)11-4-3-5-13(8-11)21-18(23)17-10-15(22)14-9-12(20)6-7-16(14)26-17/h3-10H,2H2,1H3,(H,21,23). The van der Waals surface area contributed by atoms with E-state index in [-0.39, 0.29) is 23.4 Å². The van der Waals surface area contributed by atoms with Gasteiger partial charge < -0.3 is 14.5 Å². The van der Waals surface area contributed by atoms with E-state index in [0.717, 1.165) is 6.07 Å². The molecule has 1 aromatic heterocycles. The van der Waals surface area contributed by atoms with E-state index in [1.165, 1.54) is 18.2 Å². The second-order valence-electron chi connectivity index (χ2n) is 5.37. The van der Waals surface area contributed by atoms with Crippen molar-refractivity contribution in [2.45, 2.75) is 6.92 Å². The van der Waals surface area contributed by atoms with Crippen molar-refractivity contribution in [3.8, 4) is 0 Å². The van der Waals surface area contributed by atoms with E-state index in [9.17, 15) is 14.4 Å². The second-order valence-corrected chi connectivity index (χ2v) is 5.81. The van der Waals surface area contributed by atoms with Crippen molar-refractivity contribution in [3.05, 3.63) is 75.1 Å². The molecule has 1 heterocycles. The number of nitrogens with one attached hydrogen (secondary N) is 1. The predicted molar refractivity (Wildman–Crippen MR) is 97.8 cm³/mol. The highest BCUT2D eigenvalue weighted by molar-refractivity contribution is 6.31. The number of ether oxygens (including phenoxy) is 1. The Balaban J connectivity index is 1.88. The monoisotopic (exact) mass is 371 g/mol. The maximum absolute atomic E-state index is 12.4. The summed E-state index contributed by atoms with van der Waals surface area (Å²) in [7, 11) is 0. The summed E-state index contributed by atoms with van der Waals surface area (Å²) in [5, 5.41) is 3.28. The lowest BCUT2D eigenvalue weighted by atomic mass is 10.2. The molecule has 2 aromatic carbocycles. The van der Waals surface area contributed by atoms with Crippen LogP contribution in [0.5, 0.6) is 0 Å². The fourth-order valence-electron chi connectivity index (χ4n) is 2.37. The lowest BCUT2D eigenvalue weighted by molar-refractivity contribution is 0.0526. The van der Waals surface area contributed by atoms with Crippen molar-refractivity contribution in [2.75, 3.05) is 11.9 Å². The first-order chi connectivity index (χ1) is 12.5. The molecule has 7 heteroatoms. The number of carbonyl (C=O) groups is 2. The summed E-state index contributed by atoms with van der Waals surface area (Å²) >= 11 is 5.87. The third-order valence-electron chi connectivity index (χ3n) is 3.54. The summed E-state index contributed by atoms with van der Waals surface area (Å²) in [6.45, 7) is 1.96. The highest BCUT2D eigenvalue weighted by Crippen LogP contribution is 2.19. The van der Waals surface area contributed by atoms with Gasteiger partial charge in [-0.25, -0.2) is 4.79 Å². The van der Waals surface area contributed by atoms with Crippen LogP contribution in [0.1, 0.15) is 27.8 Å². The van der Waals surface area contributed by atoms with E-state index < -0.39 is 11.9 Å². The Bertz CT molecular complexity index is 1060. The molecule has 0 radical (unpaired) electrons. The van der Waals surface area contributed by atoms with E-state index in [0.29, 0.717) is 21.7 Å². The second kappa shape index (κ2) is 7.41. The highest BCUT2D eigenvalue weighted by Gasteiger charge is 2.14. The van der Waals surface area contributed by atoms with Crippen LogP contribution in [0.15, 0.2) is 57.7 Å². The summed E-state index contributed by atoms with van der Waals surface area (Å²) < 4.78 is 10.4. The predicted octanol–water partition coefficient (Wildman–Crippen LogP) is 3.88. The number of carbonyl (C=O) groups excluding carboxylic acids is 2. The number of benzene rings is 2. The van der Waals surface area contributed by atoms with Crippen LogP contribution in [0.2, 0.25) is 5.02 Å². The molecule has 0 atom stereocenters. The molecule has 3 rings (SSSR count). The molecular weight excluding hydrogens is 358 g/mol. The van der Waals surface area contributed by atoms with Crippen LogP contribution >= 0.6 is 11.6 Å². The Hall–Kier alpha value is -3.12. The van der Waals surface area contributed by atoms with Gasteiger partial charge in [0.2, 0.25) is 0 Å². The van der Waals surface area contributed by atoms with Crippen LogP contribution < -0.4 is 10.7 Å². The minimum atomic E-state index is -0.611. The molecule has 1 amide bonds. The SMILES string of the molecule is CCOC(=O)c1cccc(NC(=O)c2cc(=O)c3cc(Cl)ccc3o2)c1. The minimum absolute atomic E-state index is 0.147. The van der Waals surface area contributed by atoms with Gasteiger partial charge in [0.05, 0.1) is 17.6 Å². The normalized spacial score (nSPS) is 10.5. The first-order valence-corrected chi connectivity index (χ1v) is 8.17. The zero-order valence-corrected chi connectivity index (χ0v) is 14.5. The van der Waals surface area contributed by atoms with Crippen LogP contribution in [0, 0.1) is 0 Å². The molecule has 0 aliphatic rings. The van der Waals surface area contributed by atoms with E-state index in [1.807, 2.05) is 0 Å². The minimum Gasteiger partial charge on any atom is -0.462 e. The molecule has 0 aliphatic heterocycles. The van der Waals surface area contributed by atoms with Gasteiger partial charge in [0, 0.05) is 16.8 Å². The van der Waals surface area contributed by atoms with Crippen LogP contribution in [0.25, 0.3) is 11.0 Å². The van der Waals surface area contributed by atoms with Crippen LogP contribution in [-0.4, -0.2) is 18.5 Å². The van der Waals surface area contributed by atoms with Crippen molar-refractivity contribution < 1.29 is 18.7 Å². The van der Waals surface area contributed by atoms with Gasteiger partial charge in [-0.3, -0.25) is 9.59 Å². The molecule has 26 heavy (non-hydrogen) atoms. The average Bonchev–Trinajstić information content (AvgIpc) is 2.62. The Morgan fingerprint density at radius 3 is 2.73 bits per heavy atom. The molecule has 0 aliphatic carbocycles. The molecule has 1 N–H and O–H groups in total. The van der Waals surface area contributed by atoms with Crippen molar-refractivity contribution >= 4 is 40.1 Å². The van der Waals surface area contributed by atoms with Gasteiger partial charge in [0.15, 0.2) is 11.2 Å². The highest BCUT2D eigenvalue weighted by atomic mass is 35.5. The van der Waals surface area contributed by atoms with E-state index in [2.05, 4.69) is 5.32 Å².